The Kier molecular flexibility index (Phi) is 5.43. The van der Waals surface area contributed by atoms with Gasteiger partial charge in [0.2, 0.25) is 5.95 Å². The molecule has 0 bridgehead atoms. The van der Waals surface area contributed by atoms with Gasteiger partial charge in [0.15, 0.2) is 11.5 Å². The molecule has 3 N–H and O–H groups in total. The predicted octanol–water partition coefficient (Wildman–Crippen LogP) is 3.58. The summed E-state index contributed by atoms with van der Waals surface area (Å²) < 4.78 is 1.86. The number of aliphatic hydroxyl groups excluding tert-OH is 1. The van der Waals surface area contributed by atoms with E-state index in [1.54, 1.807) is 0 Å². The van der Waals surface area contributed by atoms with E-state index in [2.05, 4.69) is 51.7 Å². The first-order chi connectivity index (χ1) is 13.6. The van der Waals surface area contributed by atoms with Crippen molar-refractivity contribution in [2.24, 2.45) is 0 Å². The Balaban J connectivity index is 1.65. The molecule has 1 aliphatic rings. The third-order valence-corrected chi connectivity index (χ3v) is 5.33. The van der Waals surface area contributed by atoms with Crippen LogP contribution in [0.25, 0.3) is 5.65 Å². The van der Waals surface area contributed by atoms with Gasteiger partial charge in [-0.25, -0.2) is 9.50 Å². The summed E-state index contributed by atoms with van der Waals surface area (Å²) in [5.41, 5.74) is 2.92. The Hall–Kier alpha value is -2.67. The summed E-state index contributed by atoms with van der Waals surface area (Å²) in [6.07, 6.45) is 5.43. The maximum absolute atomic E-state index is 10.3. The van der Waals surface area contributed by atoms with Gasteiger partial charge in [-0.05, 0) is 24.3 Å². The highest BCUT2D eigenvalue weighted by molar-refractivity contribution is 5.64. The number of hydrogen-bond donors (Lipinski definition) is 3. The zero-order chi connectivity index (χ0) is 19.5. The lowest BCUT2D eigenvalue weighted by atomic mass is 9.93. The molecule has 2 heterocycles. The van der Waals surface area contributed by atoms with Gasteiger partial charge in [0.05, 0.1) is 24.0 Å². The third kappa shape index (κ3) is 3.94. The predicted molar refractivity (Wildman–Crippen MR) is 111 cm³/mol. The summed E-state index contributed by atoms with van der Waals surface area (Å²) in [6, 6.07) is 10.2. The van der Waals surface area contributed by atoms with Crippen molar-refractivity contribution in [3.8, 4) is 0 Å². The zero-order valence-electron chi connectivity index (χ0n) is 16.5. The maximum atomic E-state index is 10.3. The Morgan fingerprint density at radius 1 is 1.18 bits per heavy atom. The third-order valence-electron chi connectivity index (χ3n) is 5.33. The zero-order valence-corrected chi connectivity index (χ0v) is 16.5. The molecule has 1 aromatic carbocycles. The molecule has 0 spiro atoms. The van der Waals surface area contributed by atoms with E-state index in [0.717, 1.165) is 37.0 Å². The van der Waals surface area contributed by atoms with E-state index in [0.29, 0.717) is 24.2 Å². The molecule has 28 heavy (non-hydrogen) atoms. The molecule has 2 atom stereocenters. The number of anilines is 2. The monoisotopic (exact) mass is 380 g/mol. The van der Waals surface area contributed by atoms with Crippen LogP contribution in [-0.2, 0) is 6.54 Å². The number of aromatic nitrogens is 4. The Labute approximate surface area is 165 Å². The number of aliphatic hydroxyl groups is 1. The minimum atomic E-state index is -0.360. The molecule has 1 unspecified atom stereocenters. The van der Waals surface area contributed by atoms with Crippen molar-refractivity contribution in [2.45, 2.75) is 64.1 Å². The van der Waals surface area contributed by atoms with E-state index in [9.17, 15) is 5.11 Å². The molecule has 0 radical (unpaired) electrons. The number of hydrogen-bond acceptors (Lipinski definition) is 6. The fourth-order valence-corrected chi connectivity index (χ4v) is 3.70. The van der Waals surface area contributed by atoms with Gasteiger partial charge in [-0.3, -0.25) is 0 Å². The first kappa shape index (κ1) is 18.7. The normalized spacial score (nSPS) is 19.9. The molecular weight excluding hydrogens is 352 g/mol. The molecule has 1 fully saturated rings. The number of imidazole rings is 1. The van der Waals surface area contributed by atoms with Crippen LogP contribution in [0.1, 0.15) is 56.7 Å². The van der Waals surface area contributed by atoms with Gasteiger partial charge in [-0.15, -0.1) is 5.10 Å². The molecule has 0 amide bonds. The van der Waals surface area contributed by atoms with Crippen molar-refractivity contribution < 1.29 is 5.11 Å². The second-order valence-electron chi connectivity index (χ2n) is 7.80. The largest absolute Gasteiger partial charge is 0.391 e. The number of benzene rings is 1. The first-order valence-corrected chi connectivity index (χ1v) is 10.1. The molecule has 7 nitrogen and oxygen atoms in total. The van der Waals surface area contributed by atoms with Gasteiger partial charge in [-0.1, -0.05) is 57.0 Å². The summed E-state index contributed by atoms with van der Waals surface area (Å²) in [5, 5.41) is 21.8. The number of fused-ring (bicyclic) bond motifs is 1. The van der Waals surface area contributed by atoms with E-state index in [4.69, 9.17) is 0 Å². The van der Waals surface area contributed by atoms with E-state index >= 15 is 0 Å². The highest BCUT2D eigenvalue weighted by atomic mass is 16.3. The smallest absolute Gasteiger partial charge is 0.243 e. The second-order valence-corrected chi connectivity index (χ2v) is 7.80. The molecule has 1 saturated carbocycles. The van der Waals surface area contributed by atoms with E-state index in [1.165, 1.54) is 5.56 Å². The lowest BCUT2D eigenvalue weighted by Crippen LogP contribution is -2.37. The molecule has 0 saturated heterocycles. The minimum Gasteiger partial charge on any atom is -0.391 e. The lowest BCUT2D eigenvalue weighted by Gasteiger charge is -2.28. The molecule has 4 rings (SSSR count). The summed E-state index contributed by atoms with van der Waals surface area (Å²) in [6.45, 7) is 4.91. The summed E-state index contributed by atoms with van der Waals surface area (Å²) in [5.74, 6) is 1.51. The second kappa shape index (κ2) is 8.14. The number of nitrogens with zero attached hydrogens (tertiary/aromatic N) is 4. The van der Waals surface area contributed by atoms with Crippen LogP contribution in [0.2, 0.25) is 0 Å². The van der Waals surface area contributed by atoms with Crippen molar-refractivity contribution in [3.63, 3.8) is 0 Å². The van der Waals surface area contributed by atoms with Crippen LogP contribution in [0.5, 0.6) is 0 Å². The molecule has 7 heteroatoms. The lowest BCUT2D eigenvalue weighted by molar-refractivity contribution is 0.116. The molecule has 3 aromatic rings. The summed E-state index contributed by atoms with van der Waals surface area (Å²) in [7, 11) is 0. The van der Waals surface area contributed by atoms with Crippen molar-refractivity contribution >= 4 is 17.4 Å². The maximum Gasteiger partial charge on any atom is 0.243 e. The van der Waals surface area contributed by atoms with E-state index in [-0.39, 0.29) is 12.1 Å². The quantitative estimate of drug-likeness (QED) is 0.606. The SMILES string of the molecule is CC(C)c1cnc2c(NCc3ccccc3)nc(NC3CCCC[C@@H]3O)nn12. The molecule has 2 aromatic heterocycles. The fourth-order valence-electron chi connectivity index (χ4n) is 3.70. The van der Waals surface area contributed by atoms with Crippen molar-refractivity contribution in [3.05, 3.63) is 47.8 Å². The molecular formula is C21H28N6O. The van der Waals surface area contributed by atoms with Gasteiger partial charge in [0.1, 0.15) is 0 Å². The first-order valence-electron chi connectivity index (χ1n) is 10.1. The van der Waals surface area contributed by atoms with Crippen molar-refractivity contribution in [1.29, 1.82) is 0 Å². The van der Waals surface area contributed by atoms with Crippen LogP contribution in [0.15, 0.2) is 36.5 Å². The number of nitrogens with one attached hydrogen (secondary N) is 2. The fraction of sp³-hybridized carbons (Fsp3) is 0.476. The van der Waals surface area contributed by atoms with Crippen LogP contribution in [0.4, 0.5) is 11.8 Å². The van der Waals surface area contributed by atoms with Gasteiger partial charge in [0, 0.05) is 6.54 Å². The molecule has 148 valence electrons. The average molecular weight is 380 g/mol. The van der Waals surface area contributed by atoms with E-state index < -0.39 is 0 Å². The van der Waals surface area contributed by atoms with Crippen LogP contribution in [0, 0.1) is 0 Å². The van der Waals surface area contributed by atoms with Gasteiger partial charge in [0.25, 0.3) is 0 Å². The summed E-state index contributed by atoms with van der Waals surface area (Å²) >= 11 is 0. The molecule has 0 aliphatic heterocycles. The van der Waals surface area contributed by atoms with Crippen molar-refractivity contribution in [2.75, 3.05) is 10.6 Å². The highest BCUT2D eigenvalue weighted by Gasteiger charge is 2.24. The van der Waals surface area contributed by atoms with Gasteiger partial charge < -0.3 is 15.7 Å². The summed E-state index contributed by atoms with van der Waals surface area (Å²) in [4.78, 5) is 9.24. The van der Waals surface area contributed by atoms with Crippen LogP contribution in [0.3, 0.4) is 0 Å². The van der Waals surface area contributed by atoms with Crippen molar-refractivity contribution in [1.82, 2.24) is 19.6 Å². The molecule has 1 aliphatic carbocycles. The van der Waals surface area contributed by atoms with Crippen LogP contribution in [-0.4, -0.2) is 36.8 Å². The Morgan fingerprint density at radius 2 is 1.96 bits per heavy atom. The Bertz CT molecular complexity index is 923. The topological polar surface area (TPSA) is 87.4 Å². The minimum absolute atomic E-state index is 0.0146. The van der Waals surface area contributed by atoms with Crippen LogP contribution < -0.4 is 10.6 Å². The van der Waals surface area contributed by atoms with Gasteiger partial charge in [-0.2, -0.15) is 4.98 Å². The standard InChI is InChI=1S/C21H28N6O/c1-14(2)17-13-23-20-19(22-12-15-8-4-3-5-9-15)25-21(26-27(17)20)24-16-10-6-7-11-18(16)28/h3-5,8-9,13-14,16,18,28H,6-7,10-12H2,1-2H3,(H2,22,24,25,26)/t16?,18-/m0/s1. The number of rotatable bonds is 6. The van der Waals surface area contributed by atoms with Crippen LogP contribution >= 0.6 is 0 Å². The highest BCUT2D eigenvalue weighted by Crippen LogP contribution is 2.24. The van der Waals surface area contributed by atoms with E-state index in [1.807, 2.05) is 28.9 Å². The average Bonchev–Trinajstić information content (AvgIpc) is 3.13. The Morgan fingerprint density at radius 3 is 2.71 bits per heavy atom. The van der Waals surface area contributed by atoms with Gasteiger partial charge >= 0.3 is 0 Å².